The fourth-order valence-corrected chi connectivity index (χ4v) is 3.68. The highest BCUT2D eigenvalue weighted by Crippen LogP contribution is 2.30. The molecule has 1 heterocycles. The third kappa shape index (κ3) is 3.66. The number of para-hydroxylation sites is 1. The van der Waals surface area contributed by atoms with E-state index in [1.807, 2.05) is 18.0 Å². The maximum Gasteiger partial charge on any atom is 0.122 e. The zero-order valence-electron chi connectivity index (χ0n) is 11.4. The summed E-state index contributed by atoms with van der Waals surface area (Å²) < 4.78 is 8.35. The predicted octanol–water partition coefficient (Wildman–Crippen LogP) is 3.76. The molecule has 1 aliphatic heterocycles. The maximum absolute atomic E-state index is 5.85. The second-order valence-electron chi connectivity index (χ2n) is 4.78. The van der Waals surface area contributed by atoms with Gasteiger partial charge < -0.3 is 4.74 Å². The standard InChI is InChI=1S/C15H23NOS/c1-3-9-16(10-4-2)18-14-11-13-7-5-6-8-15(13)17-12-14/h5-8,14H,3-4,9-12H2,1-2H3. The van der Waals surface area contributed by atoms with Crippen LogP contribution in [0.3, 0.4) is 0 Å². The first kappa shape index (κ1) is 13.8. The van der Waals surface area contributed by atoms with Crippen LogP contribution in [0.5, 0.6) is 5.75 Å². The summed E-state index contributed by atoms with van der Waals surface area (Å²) in [5.74, 6) is 1.08. The van der Waals surface area contributed by atoms with Crippen LogP contribution in [0.25, 0.3) is 0 Å². The van der Waals surface area contributed by atoms with E-state index in [4.69, 9.17) is 4.74 Å². The first-order chi connectivity index (χ1) is 8.83. The fourth-order valence-electron chi connectivity index (χ4n) is 2.29. The molecule has 0 aromatic heterocycles. The molecule has 0 radical (unpaired) electrons. The topological polar surface area (TPSA) is 12.5 Å². The lowest BCUT2D eigenvalue weighted by Gasteiger charge is -2.29. The highest BCUT2D eigenvalue weighted by Gasteiger charge is 2.22. The third-order valence-corrected chi connectivity index (χ3v) is 4.35. The quantitative estimate of drug-likeness (QED) is 0.727. The van der Waals surface area contributed by atoms with Crippen molar-refractivity contribution in [3.05, 3.63) is 29.8 Å². The van der Waals surface area contributed by atoms with Crippen molar-refractivity contribution in [3.63, 3.8) is 0 Å². The molecule has 18 heavy (non-hydrogen) atoms. The van der Waals surface area contributed by atoms with Crippen LogP contribution in [0.4, 0.5) is 0 Å². The Bertz CT molecular complexity index is 363. The molecular formula is C15H23NOS. The summed E-state index contributed by atoms with van der Waals surface area (Å²) in [5, 5.41) is 0.568. The first-order valence-electron chi connectivity index (χ1n) is 6.96. The molecule has 3 heteroatoms. The van der Waals surface area contributed by atoms with Crippen molar-refractivity contribution in [2.45, 2.75) is 38.4 Å². The zero-order chi connectivity index (χ0) is 12.8. The maximum atomic E-state index is 5.85. The van der Waals surface area contributed by atoms with E-state index in [0.29, 0.717) is 5.25 Å². The Morgan fingerprint density at radius 1 is 1.22 bits per heavy atom. The number of hydrogen-bond donors (Lipinski definition) is 0. The van der Waals surface area contributed by atoms with Gasteiger partial charge in [0.25, 0.3) is 0 Å². The van der Waals surface area contributed by atoms with Crippen LogP contribution in [0.15, 0.2) is 24.3 Å². The van der Waals surface area contributed by atoms with Crippen molar-refractivity contribution in [1.82, 2.24) is 4.31 Å². The average molecular weight is 265 g/mol. The van der Waals surface area contributed by atoms with E-state index < -0.39 is 0 Å². The molecule has 0 aliphatic carbocycles. The smallest absolute Gasteiger partial charge is 0.122 e. The molecule has 0 saturated heterocycles. The van der Waals surface area contributed by atoms with Gasteiger partial charge in [0.2, 0.25) is 0 Å². The lowest BCUT2D eigenvalue weighted by molar-refractivity contribution is 0.291. The van der Waals surface area contributed by atoms with Crippen molar-refractivity contribution in [2.24, 2.45) is 0 Å². The SMILES string of the molecule is CCCN(CCC)SC1COc2ccccc2C1. The minimum absolute atomic E-state index is 0.568. The molecule has 1 atom stereocenters. The number of benzene rings is 1. The molecule has 0 bridgehead atoms. The van der Waals surface area contributed by atoms with Gasteiger partial charge in [-0.1, -0.05) is 44.0 Å². The summed E-state index contributed by atoms with van der Waals surface area (Å²) in [4.78, 5) is 0. The van der Waals surface area contributed by atoms with E-state index in [2.05, 4.69) is 36.4 Å². The van der Waals surface area contributed by atoms with Crippen molar-refractivity contribution in [2.75, 3.05) is 19.7 Å². The van der Waals surface area contributed by atoms with Gasteiger partial charge in [0.05, 0.1) is 5.25 Å². The third-order valence-electron chi connectivity index (χ3n) is 3.09. The monoisotopic (exact) mass is 265 g/mol. The Balaban J connectivity index is 1.91. The lowest BCUT2D eigenvalue weighted by Crippen LogP contribution is -2.29. The molecule has 1 unspecified atom stereocenters. The van der Waals surface area contributed by atoms with Gasteiger partial charge in [-0.2, -0.15) is 0 Å². The molecule has 0 fully saturated rings. The van der Waals surface area contributed by atoms with Crippen LogP contribution in [0.2, 0.25) is 0 Å². The van der Waals surface area contributed by atoms with E-state index in [0.717, 1.165) is 18.8 Å². The molecule has 0 amide bonds. The molecule has 1 aliphatic rings. The number of rotatable bonds is 6. The van der Waals surface area contributed by atoms with Gasteiger partial charge in [0.15, 0.2) is 0 Å². The minimum Gasteiger partial charge on any atom is -0.492 e. The van der Waals surface area contributed by atoms with Crippen LogP contribution >= 0.6 is 11.9 Å². The summed E-state index contributed by atoms with van der Waals surface area (Å²) in [7, 11) is 0. The van der Waals surface area contributed by atoms with Gasteiger partial charge in [-0.3, -0.25) is 4.31 Å². The van der Waals surface area contributed by atoms with E-state index >= 15 is 0 Å². The lowest BCUT2D eigenvalue weighted by atomic mass is 10.1. The normalized spacial score (nSPS) is 18.5. The highest BCUT2D eigenvalue weighted by atomic mass is 32.2. The van der Waals surface area contributed by atoms with Gasteiger partial charge >= 0.3 is 0 Å². The Hall–Kier alpha value is -0.670. The number of fused-ring (bicyclic) bond motifs is 1. The van der Waals surface area contributed by atoms with Gasteiger partial charge in [0, 0.05) is 13.1 Å². The van der Waals surface area contributed by atoms with E-state index in [9.17, 15) is 0 Å². The molecule has 2 nitrogen and oxygen atoms in total. The molecule has 0 N–H and O–H groups in total. The van der Waals surface area contributed by atoms with E-state index in [1.54, 1.807) is 0 Å². The second kappa shape index (κ2) is 7.05. The van der Waals surface area contributed by atoms with Crippen molar-refractivity contribution >= 4 is 11.9 Å². The van der Waals surface area contributed by atoms with Gasteiger partial charge in [-0.25, -0.2) is 0 Å². The van der Waals surface area contributed by atoms with Crippen LogP contribution in [0.1, 0.15) is 32.3 Å². The van der Waals surface area contributed by atoms with Gasteiger partial charge in [-0.05, 0) is 30.9 Å². The predicted molar refractivity (Wildman–Crippen MR) is 79.2 cm³/mol. The average Bonchev–Trinajstić information content (AvgIpc) is 2.39. The Morgan fingerprint density at radius 2 is 1.94 bits per heavy atom. The minimum atomic E-state index is 0.568. The van der Waals surface area contributed by atoms with Crippen molar-refractivity contribution < 1.29 is 4.74 Å². The highest BCUT2D eigenvalue weighted by molar-refractivity contribution is 7.97. The molecular weight excluding hydrogens is 242 g/mol. The fraction of sp³-hybridized carbons (Fsp3) is 0.600. The molecule has 0 saturated carbocycles. The summed E-state index contributed by atoms with van der Waals surface area (Å²) in [6, 6.07) is 8.41. The Labute approximate surface area is 115 Å². The van der Waals surface area contributed by atoms with Crippen LogP contribution in [0, 0.1) is 0 Å². The van der Waals surface area contributed by atoms with Crippen LogP contribution in [-0.2, 0) is 6.42 Å². The van der Waals surface area contributed by atoms with E-state index in [1.165, 1.54) is 31.5 Å². The van der Waals surface area contributed by atoms with Crippen LogP contribution in [-0.4, -0.2) is 29.3 Å². The molecule has 0 spiro atoms. The molecule has 100 valence electrons. The Morgan fingerprint density at radius 3 is 2.67 bits per heavy atom. The van der Waals surface area contributed by atoms with Crippen LogP contribution < -0.4 is 4.74 Å². The number of nitrogens with zero attached hydrogens (tertiary/aromatic N) is 1. The van der Waals surface area contributed by atoms with Gasteiger partial charge in [0.1, 0.15) is 12.4 Å². The molecule has 1 aromatic carbocycles. The second-order valence-corrected chi connectivity index (χ2v) is 6.17. The van der Waals surface area contributed by atoms with Crippen molar-refractivity contribution in [3.8, 4) is 5.75 Å². The largest absolute Gasteiger partial charge is 0.492 e. The summed E-state index contributed by atoms with van der Waals surface area (Å²) in [5.41, 5.74) is 1.36. The number of hydrogen-bond acceptors (Lipinski definition) is 3. The first-order valence-corrected chi connectivity index (χ1v) is 7.79. The van der Waals surface area contributed by atoms with Crippen molar-refractivity contribution in [1.29, 1.82) is 0 Å². The Kier molecular flexibility index (Phi) is 5.39. The number of ether oxygens (including phenoxy) is 1. The summed E-state index contributed by atoms with van der Waals surface area (Å²) >= 11 is 1.99. The van der Waals surface area contributed by atoms with E-state index in [-0.39, 0.29) is 0 Å². The molecule has 2 rings (SSSR count). The van der Waals surface area contributed by atoms with Gasteiger partial charge in [-0.15, -0.1) is 0 Å². The summed E-state index contributed by atoms with van der Waals surface area (Å²) in [6.45, 7) is 7.69. The molecule has 1 aromatic rings. The zero-order valence-corrected chi connectivity index (χ0v) is 12.2. The summed E-state index contributed by atoms with van der Waals surface area (Å²) in [6.07, 6.45) is 3.57.